The van der Waals surface area contributed by atoms with Gasteiger partial charge in [0.15, 0.2) is 11.6 Å². The molecule has 3 rings (SSSR count). The molecule has 1 aromatic rings. The molecule has 2 bridgehead atoms. The zero-order valence-corrected chi connectivity index (χ0v) is 11.9. The predicted octanol–water partition coefficient (Wildman–Crippen LogP) is 3.17. The van der Waals surface area contributed by atoms with Crippen LogP contribution in [-0.4, -0.2) is 28.3 Å². The van der Waals surface area contributed by atoms with E-state index in [0.29, 0.717) is 16.9 Å². The summed E-state index contributed by atoms with van der Waals surface area (Å²) in [5, 5.41) is 11.9. The van der Waals surface area contributed by atoms with E-state index in [1.54, 1.807) is 6.07 Å². The third-order valence-corrected chi connectivity index (χ3v) is 5.73. The minimum Gasteiger partial charge on any atom is -0.494 e. The highest BCUT2D eigenvalue weighted by Gasteiger charge is 2.43. The van der Waals surface area contributed by atoms with Gasteiger partial charge < -0.3 is 9.84 Å². The smallest absolute Gasteiger partial charge is 0.165 e. The Morgan fingerprint density at radius 1 is 1.37 bits per heavy atom. The number of fused-ring (bicyclic) bond motifs is 2. The van der Waals surface area contributed by atoms with Crippen molar-refractivity contribution in [2.45, 2.75) is 48.2 Å². The Hall–Kier alpha value is -0.740. The van der Waals surface area contributed by atoms with E-state index >= 15 is 0 Å². The van der Waals surface area contributed by atoms with Crippen molar-refractivity contribution in [1.29, 1.82) is 0 Å². The highest BCUT2D eigenvalue weighted by Crippen LogP contribution is 2.48. The molecular formula is C15H19FO2S. The maximum atomic E-state index is 13.7. The number of hydrogen-bond acceptors (Lipinski definition) is 3. The fraction of sp³-hybridized carbons (Fsp3) is 0.600. The van der Waals surface area contributed by atoms with E-state index < -0.39 is 5.60 Å². The molecule has 1 aromatic carbocycles. The summed E-state index contributed by atoms with van der Waals surface area (Å²) in [6.07, 6.45) is 4.65. The van der Waals surface area contributed by atoms with Crippen LogP contribution in [-0.2, 0) is 6.42 Å². The maximum Gasteiger partial charge on any atom is 0.165 e. The first-order chi connectivity index (χ1) is 9.08. The lowest BCUT2D eigenvalue weighted by atomic mass is 9.87. The van der Waals surface area contributed by atoms with Crippen LogP contribution in [0.25, 0.3) is 0 Å². The molecule has 0 aromatic heterocycles. The monoisotopic (exact) mass is 282 g/mol. The summed E-state index contributed by atoms with van der Waals surface area (Å²) in [7, 11) is 1.46. The summed E-state index contributed by atoms with van der Waals surface area (Å²) < 4.78 is 18.6. The Kier molecular flexibility index (Phi) is 3.48. The Labute approximate surface area is 117 Å². The van der Waals surface area contributed by atoms with Crippen molar-refractivity contribution in [3.8, 4) is 5.75 Å². The molecular weight excluding hydrogens is 263 g/mol. The standard InChI is InChI=1S/C15H19FO2S/c1-18-14-5-2-10(6-13(14)16)7-15(17)8-11-3-4-12(9-15)19-11/h2,5-6,11-12,17H,3-4,7-9H2,1H3. The van der Waals surface area contributed by atoms with Gasteiger partial charge in [-0.15, -0.1) is 0 Å². The number of thioether (sulfide) groups is 1. The largest absolute Gasteiger partial charge is 0.494 e. The van der Waals surface area contributed by atoms with E-state index in [-0.39, 0.29) is 11.6 Å². The number of benzene rings is 1. The van der Waals surface area contributed by atoms with Gasteiger partial charge in [-0.2, -0.15) is 11.8 Å². The Bertz CT molecular complexity index is 465. The zero-order chi connectivity index (χ0) is 13.5. The van der Waals surface area contributed by atoms with Gasteiger partial charge in [0, 0.05) is 16.9 Å². The van der Waals surface area contributed by atoms with Crippen molar-refractivity contribution < 1.29 is 14.2 Å². The summed E-state index contributed by atoms with van der Waals surface area (Å²) >= 11 is 2.02. The van der Waals surface area contributed by atoms with Crippen LogP contribution in [0.4, 0.5) is 4.39 Å². The zero-order valence-electron chi connectivity index (χ0n) is 11.1. The molecule has 1 N–H and O–H groups in total. The van der Waals surface area contributed by atoms with E-state index in [1.807, 2.05) is 17.8 Å². The molecule has 0 aliphatic carbocycles. The summed E-state index contributed by atoms with van der Waals surface area (Å²) in [6.45, 7) is 0. The second-order valence-electron chi connectivity index (χ2n) is 5.74. The van der Waals surface area contributed by atoms with Gasteiger partial charge >= 0.3 is 0 Å². The molecule has 0 radical (unpaired) electrons. The molecule has 2 nitrogen and oxygen atoms in total. The van der Waals surface area contributed by atoms with Crippen LogP contribution in [0, 0.1) is 5.82 Å². The minimum absolute atomic E-state index is 0.259. The molecule has 0 saturated carbocycles. The quantitative estimate of drug-likeness (QED) is 0.923. The normalized spacial score (nSPS) is 33.4. The topological polar surface area (TPSA) is 29.5 Å². The number of ether oxygens (including phenoxy) is 1. The first kappa shape index (κ1) is 13.3. The highest BCUT2D eigenvalue weighted by atomic mass is 32.2. The molecule has 2 atom stereocenters. The molecule has 2 unspecified atom stereocenters. The first-order valence-electron chi connectivity index (χ1n) is 6.78. The van der Waals surface area contributed by atoms with Crippen molar-refractivity contribution in [3.63, 3.8) is 0 Å². The van der Waals surface area contributed by atoms with Crippen LogP contribution in [0.15, 0.2) is 18.2 Å². The van der Waals surface area contributed by atoms with Crippen molar-refractivity contribution in [2.75, 3.05) is 7.11 Å². The summed E-state index contributed by atoms with van der Waals surface area (Å²) in [6, 6.07) is 4.98. The summed E-state index contributed by atoms with van der Waals surface area (Å²) in [5.74, 6) is -0.0910. The molecule has 0 amide bonds. The first-order valence-corrected chi connectivity index (χ1v) is 7.72. The van der Waals surface area contributed by atoms with Crippen LogP contribution in [0.2, 0.25) is 0 Å². The van der Waals surface area contributed by atoms with Crippen LogP contribution in [0.3, 0.4) is 0 Å². The molecule has 104 valence electrons. The van der Waals surface area contributed by atoms with Gasteiger partial charge in [-0.25, -0.2) is 4.39 Å². The molecule has 2 heterocycles. The maximum absolute atomic E-state index is 13.7. The molecule has 2 aliphatic rings. The van der Waals surface area contributed by atoms with E-state index in [1.165, 1.54) is 26.0 Å². The fourth-order valence-electron chi connectivity index (χ4n) is 3.36. The summed E-state index contributed by atoms with van der Waals surface area (Å²) in [4.78, 5) is 0. The van der Waals surface area contributed by atoms with Crippen LogP contribution in [0.1, 0.15) is 31.2 Å². The van der Waals surface area contributed by atoms with Crippen LogP contribution in [0.5, 0.6) is 5.75 Å². The number of rotatable bonds is 3. The number of aliphatic hydroxyl groups is 1. The van der Waals surface area contributed by atoms with E-state index in [2.05, 4.69) is 0 Å². The SMILES string of the molecule is COc1ccc(CC2(O)CC3CCC(C2)S3)cc1F. The summed E-state index contributed by atoms with van der Waals surface area (Å²) in [5.41, 5.74) is 0.199. The van der Waals surface area contributed by atoms with Gasteiger partial charge in [0.05, 0.1) is 12.7 Å². The molecule has 2 saturated heterocycles. The molecule has 0 spiro atoms. The molecule has 19 heavy (non-hydrogen) atoms. The Balaban J connectivity index is 1.75. The number of methoxy groups -OCH3 is 1. The van der Waals surface area contributed by atoms with Gasteiger partial charge in [-0.1, -0.05) is 6.07 Å². The molecule has 2 fully saturated rings. The lowest BCUT2D eigenvalue weighted by Crippen LogP contribution is -2.39. The third kappa shape index (κ3) is 2.75. The second-order valence-corrected chi connectivity index (χ2v) is 7.34. The molecule has 4 heteroatoms. The van der Waals surface area contributed by atoms with Crippen molar-refractivity contribution >= 4 is 11.8 Å². The van der Waals surface area contributed by atoms with E-state index in [9.17, 15) is 9.50 Å². The second kappa shape index (κ2) is 4.98. The van der Waals surface area contributed by atoms with Gasteiger partial charge in [0.1, 0.15) is 0 Å². The van der Waals surface area contributed by atoms with E-state index in [0.717, 1.165) is 18.4 Å². The highest BCUT2D eigenvalue weighted by molar-refractivity contribution is 8.00. The lowest BCUT2D eigenvalue weighted by molar-refractivity contribution is 0.0241. The van der Waals surface area contributed by atoms with Crippen LogP contribution >= 0.6 is 11.8 Å². The third-order valence-electron chi connectivity index (χ3n) is 4.16. The van der Waals surface area contributed by atoms with Crippen molar-refractivity contribution in [3.05, 3.63) is 29.6 Å². The van der Waals surface area contributed by atoms with Gasteiger partial charge in [0.2, 0.25) is 0 Å². The number of halogens is 1. The Morgan fingerprint density at radius 3 is 2.63 bits per heavy atom. The Morgan fingerprint density at radius 2 is 2.05 bits per heavy atom. The van der Waals surface area contributed by atoms with Crippen LogP contribution < -0.4 is 4.74 Å². The average Bonchev–Trinajstić information content (AvgIpc) is 2.69. The average molecular weight is 282 g/mol. The van der Waals surface area contributed by atoms with Gasteiger partial charge in [-0.3, -0.25) is 0 Å². The van der Waals surface area contributed by atoms with Gasteiger partial charge in [0.25, 0.3) is 0 Å². The van der Waals surface area contributed by atoms with E-state index in [4.69, 9.17) is 4.74 Å². The molecule has 2 aliphatic heterocycles. The minimum atomic E-state index is -0.655. The van der Waals surface area contributed by atoms with Gasteiger partial charge in [-0.05, 0) is 43.4 Å². The number of hydrogen-bond donors (Lipinski definition) is 1. The van der Waals surface area contributed by atoms with Crippen molar-refractivity contribution in [1.82, 2.24) is 0 Å². The van der Waals surface area contributed by atoms with Crippen molar-refractivity contribution in [2.24, 2.45) is 0 Å². The fourth-order valence-corrected chi connectivity index (χ4v) is 5.26. The predicted molar refractivity (Wildman–Crippen MR) is 75.2 cm³/mol. The lowest BCUT2D eigenvalue weighted by Gasteiger charge is -2.36.